The van der Waals surface area contributed by atoms with Crippen LogP contribution >= 0.6 is 8.17 Å². The number of hydrogen-bond acceptors (Lipinski definition) is 4. The molecule has 1 fully saturated rings. The molecule has 0 aromatic carbocycles. The van der Waals surface area contributed by atoms with E-state index in [9.17, 15) is 4.89 Å². The van der Waals surface area contributed by atoms with Crippen molar-refractivity contribution >= 4 is 8.17 Å². The third-order valence-corrected chi connectivity index (χ3v) is 3.21. The Bertz CT molecular complexity index is 132. The van der Waals surface area contributed by atoms with Crippen LogP contribution in [0.2, 0.25) is 0 Å². The van der Waals surface area contributed by atoms with E-state index in [0.29, 0.717) is 13.2 Å². The molecule has 0 aromatic rings. The van der Waals surface area contributed by atoms with Gasteiger partial charge in [-0.25, -0.2) is 0 Å². The van der Waals surface area contributed by atoms with Crippen LogP contribution in [0.1, 0.15) is 13.8 Å². The van der Waals surface area contributed by atoms with E-state index in [-0.39, 0.29) is 6.10 Å². The molecule has 67 valence electrons. The summed E-state index contributed by atoms with van der Waals surface area (Å²) >= 11 is 0. The summed E-state index contributed by atoms with van der Waals surface area (Å²) in [5.74, 6) is 0. The fourth-order valence-electron chi connectivity index (χ4n) is 0.869. The van der Waals surface area contributed by atoms with E-state index >= 15 is 0 Å². The van der Waals surface area contributed by atoms with Crippen LogP contribution in [0, 0.1) is 6.42 Å². The first-order chi connectivity index (χ1) is 5.20. The Balaban J connectivity index is 2.37. The van der Waals surface area contributed by atoms with Gasteiger partial charge in [0.25, 0.3) is 0 Å². The van der Waals surface area contributed by atoms with E-state index in [0.717, 1.165) is 0 Å². The molecule has 0 aliphatic carbocycles. The molecule has 4 nitrogen and oxygen atoms in total. The van der Waals surface area contributed by atoms with Crippen LogP contribution in [0.3, 0.4) is 0 Å². The van der Waals surface area contributed by atoms with E-state index in [1.165, 1.54) is 0 Å². The summed E-state index contributed by atoms with van der Waals surface area (Å²) < 4.78 is 15.1. The van der Waals surface area contributed by atoms with Gasteiger partial charge in [0, 0.05) is 0 Å². The molecule has 1 aliphatic heterocycles. The Morgan fingerprint density at radius 1 is 1.82 bits per heavy atom. The molecule has 0 aromatic heterocycles. The van der Waals surface area contributed by atoms with Crippen LogP contribution in [0.25, 0.3) is 0 Å². The van der Waals surface area contributed by atoms with Crippen LogP contribution in [-0.4, -0.2) is 24.2 Å². The van der Waals surface area contributed by atoms with Crippen molar-refractivity contribution in [1.29, 1.82) is 0 Å². The summed E-state index contributed by atoms with van der Waals surface area (Å²) in [7, 11) is -3.20. The molecule has 1 atom stereocenters. The van der Waals surface area contributed by atoms with E-state index in [1.54, 1.807) is 6.92 Å². The van der Waals surface area contributed by atoms with Crippen LogP contribution in [0.4, 0.5) is 0 Å². The Labute approximate surface area is 67.1 Å². The minimum absolute atomic E-state index is 0.113. The van der Waals surface area contributed by atoms with Gasteiger partial charge in [0.05, 0.1) is 0 Å². The fourth-order valence-corrected chi connectivity index (χ4v) is 2.41. The van der Waals surface area contributed by atoms with Crippen molar-refractivity contribution in [2.24, 2.45) is 0 Å². The Hall–Kier alpha value is 0.270. The van der Waals surface area contributed by atoms with Gasteiger partial charge in [-0.15, -0.1) is 0 Å². The van der Waals surface area contributed by atoms with Gasteiger partial charge in [-0.2, -0.15) is 0 Å². The van der Waals surface area contributed by atoms with Gasteiger partial charge in [0.15, 0.2) is 0 Å². The minimum atomic E-state index is -3.20. The summed E-state index contributed by atoms with van der Waals surface area (Å²) in [6.45, 7) is 4.47. The van der Waals surface area contributed by atoms with Gasteiger partial charge in [-0.3, -0.25) is 0 Å². The predicted molar refractivity (Wildman–Crippen MR) is 43.0 cm³/mol. The Kier molecular flexibility index (Phi) is 3.22. The first kappa shape index (κ1) is 9.36. The molecule has 11 heavy (non-hydrogen) atoms. The van der Waals surface area contributed by atoms with Crippen molar-refractivity contribution < 1.29 is 18.5 Å². The summed E-state index contributed by atoms with van der Waals surface area (Å²) in [6, 6.07) is 0. The molecule has 1 rings (SSSR count). The van der Waals surface area contributed by atoms with Gasteiger partial charge in [0.1, 0.15) is 0 Å². The van der Waals surface area contributed by atoms with Crippen molar-refractivity contribution in [3.8, 4) is 0 Å². The van der Waals surface area contributed by atoms with Crippen LogP contribution in [0.15, 0.2) is 0 Å². The Morgan fingerprint density at radius 2 is 2.55 bits per heavy atom. The molecule has 1 heterocycles. The molecule has 0 spiro atoms. The molecule has 0 bridgehead atoms. The normalized spacial score (nSPS) is 32.1. The first-order valence-corrected chi connectivity index (χ1v) is 5.35. The van der Waals surface area contributed by atoms with Crippen molar-refractivity contribution in [1.82, 2.24) is 0 Å². The van der Waals surface area contributed by atoms with Crippen LogP contribution in [-0.2, 0) is 13.6 Å². The second-order valence-corrected chi connectivity index (χ2v) is 4.12. The zero-order valence-corrected chi connectivity index (χ0v) is 7.74. The van der Waals surface area contributed by atoms with Crippen LogP contribution < -0.4 is 0 Å². The molecular formula is C6H14O4P. The monoisotopic (exact) mass is 181 g/mol. The third-order valence-electron chi connectivity index (χ3n) is 1.43. The zero-order chi connectivity index (χ0) is 8.32. The molecule has 1 unspecified atom stereocenters. The van der Waals surface area contributed by atoms with E-state index in [4.69, 9.17) is 13.6 Å². The molecule has 1 aliphatic rings. The summed E-state index contributed by atoms with van der Waals surface area (Å²) in [5.41, 5.74) is 0. The van der Waals surface area contributed by atoms with E-state index in [1.807, 2.05) is 13.3 Å². The molecule has 1 radical (unpaired) electrons. The Morgan fingerprint density at radius 3 is 3.00 bits per heavy atom. The fraction of sp³-hybridized carbons (Fsp3) is 0.833. The first-order valence-electron chi connectivity index (χ1n) is 3.68. The quantitative estimate of drug-likeness (QED) is 0.661. The second kappa shape index (κ2) is 3.78. The standard InChI is InChI=1S/C6H14O4P/c1-3-6-5-9-11(7,10-6)8-4-2/h3,6-7,11H,4-5H2,1-2H3. The van der Waals surface area contributed by atoms with Crippen molar-refractivity contribution in [2.45, 2.75) is 20.0 Å². The molecule has 0 amide bonds. The van der Waals surface area contributed by atoms with Gasteiger partial charge < -0.3 is 0 Å². The van der Waals surface area contributed by atoms with Gasteiger partial charge in [-0.1, -0.05) is 0 Å². The van der Waals surface area contributed by atoms with E-state index < -0.39 is 8.17 Å². The van der Waals surface area contributed by atoms with Crippen molar-refractivity contribution in [2.75, 3.05) is 13.2 Å². The maximum absolute atomic E-state index is 9.44. The summed E-state index contributed by atoms with van der Waals surface area (Å²) in [5, 5.41) is 0. The summed E-state index contributed by atoms with van der Waals surface area (Å²) in [6.07, 6.45) is 1.72. The van der Waals surface area contributed by atoms with Crippen molar-refractivity contribution in [3.05, 3.63) is 6.42 Å². The predicted octanol–water partition coefficient (Wildman–Crippen LogP) is 1.06. The maximum atomic E-state index is 9.44. The average Bonchev–Trinajstić information content (AvgIpc) is 2.33. The van der Waals surface area contributed by atoms with Gasteiger partial charge in [0.2, 0.25) is 0 Å². The van der Waals surface area contributed by atoms with Crippen LogP contribution in [0.5, 0.6) is 0 Å². The number of rotatable bonds is 3. The van der Waals surface area contributed by atoms with Crippen molar-refractivity contribution in [3.63, 3.8) is 0 Å². The molecular weight excluding hydrogens is 167 g/mol. The molecule has 0 saturated carbocycles. The topological polar surface area (TPSA) is 47.9 Å². The average molecular weight is 181 g/mol. The third kappa shape index (κ3) is 2.36. The molecule has 5 heteroatoms. The molecule has 1 N–H and O–H groups in total. The summed E-state index contributed by atoms with van der Waals surface area (Å²) in [4.78, 5) is 9.44. The zero-order valence-electron chi connectivity index (χ0n) is 6.74. The molecule has 1 saturated heterocycles. The number of hydrogen-bond donors (Lipinski definition) is 1. The van der Waals surface area contributed by atoms with Gasteiger partial charge in [-0.05, 0) is 0 Å². The van der Waals surface area contributed by atoms with Gasteiger partial charge >= 0.3 is 66.2 Å². The SMILES string of the molecule is C[CH]C1CO[PH](O)(OCC)O1. The second-order valence-electron chi connectivity index (χ2n) is 2.26. The van der Waals surface area contributed by atoms with E-state index in [2.05, 4.69) is 0 Å².